The van der Waals surface area contributed by atoms with Gasteiger partial charge in [-0.1, -0.05) is 18.2 Å². The van der Waals surface area contributed by atoms with Crippen LogP contribution in [0.4, 0.5) is 23.2 Å². The summed E-state index contributed by atoms with van der Waals surface area (Å²) < 4.78 is 72.1. The summed E-state index contributed by atoms with van der Waals surface area (Å²) in [6.07, 6.45) is 6.56. The lowest BCUT2D eigenvalue weighted by atomic mass is 9.97. The number of nitrogens with one attached hydrogen (secondary N) is 1. The van der Waals surface area contributed by atoms with Crippen molar-refractivity contribution in [2.75, 3.05) is 12.0 Å². The van der Waals surface area contributed by atoms with E-state index in [-0.39, 0.29) is 41.8 Å². The molecule has 40 heavy (non-hydrogen) atoms. The number of aromatic nitrogens is 1. The Kier molecular flexibility index (Phi) is 7.20. The summed E-state index contributed by atoms with van der Waals surface area (Å²) >= 11 is 0. The van der Waals surface area contributed by atoms with Crippen LogP contribution in [0.2, 0.25) is 0 Å². The fraction of sp³-hybridized carbons (Fsp3) is 0.433. The summed E-state index contributed by atoms with van der Waals surface area (Å²) in [5, 5.41) is 0. The SMILES string of the molecule is COC(=O)c1cc(F)c(N2C3CCC2CC(OCc2c(-c4ccccc4OC(F)F)c[nH]c2C2CC2)C3)c(F)c1. The summed E-state index contributed by atoms with van der Waals surface area (Å²) in [5.74, 6) is -1.88. The molecule has 2 aliphatic heterocycles. The summed E-state index contributed by atoms with van der Waals surface area (Å²) in [6, 6.07) is 8.56. The van der Waals surface area contributed by atoms with Gasteiger partial charge in [0, 0.05) is 40.7 Å². The van der Waals surface area contributed by atoms with E-state index in [4.69, 9.17) is 9.47 Å². The Balaban J connectivity index is 1.20. The molecule has 3 heterocycles. The van der Waals surface area contributed by atoms with Crippen molar-refractivity contribution in [3.63, 3.8) is 0 Å². The number of halogens is 4. The van der Waals surface area contributed by atoms with Gasteiger partial charge in [0.05, 0.1) is 25.4 Å². The maximum Gasteiger partial charge on any atom is 0.387 e. The number of benzene rings is 2. The number of alkyl halides is 2. The molecule has 1 saturated carbocycles. The average Bonchev–Trinajstić information content (AvgIpc) is 3.64. The van der Waals surface area contributed by atoms with Crippen LogP contribution in [0, 0.1) is 11.6 Å². The predicted molar refractivity (Wildman–Crippen MR) is 140 cm³/mol. The van der Waals surface area contributed by atoms with E-state index in [1.165, 1.54) is 6.07 Å². The Bertz CT molecular complexity index is 1370. The summed E-state index contributed by atoms with van der Waals surface area (Å²) in [5.41, 5.74) is 3.05. The molecule has 0 amide bonds. The molecule has 2 aromatic carbocycles. The second-order valence-corrected chi connectivity index (χ2v) is 10.7. The molecule has 1 N–H and O–H groups in total. The van der Waals surface area contributed by atoms with Gasteiger partial charge in [0.15, 0.2) is 0 Å². The van der Waals surface area contributed by atoms with Crippen molar-refractivity contribution in [3.8, 4) is 16.9 Å². The largest absolute Gasteiger partial charge is 0.465 e. The van der Waals surface area contributed by atoms with Crippen molar-refractivity contribution in [2.45, 2.75) is 75.8 Å². The van der Waals surface area contributed by atoms with Crippen LogP contribution in [0.25, 0.3) is 11.1 Å². The number of esters is 1. The number of H-pyrrole nitrogens is 1. The number of hydrogen-bond donors (Lipinski definition) is 1. The van der Waals surface area contributed by atoms with Crippen molar-refractivity contribution in [3.05, 3.63) is 71.1 Å². The molecule has 10 heteroatoms. The number of methoxy groups -OCH3 is 1. The van der Waals surface area contributed by atoms with Gasteiger partial charge in [-0.25, -0.2) is 13.6 Å². The molecule has 212 valence electrons. The lowest BCUT2D eigenvalue weighted by molar-refractivity contribution is -0.0494. The molecule has 2 atom stereocenters. The second-order valence-electron chi connectivity index (χ2n) is 10.7. The standard InChI is InChI=1S/C30H30F4N2O4/c1-38-29(37)17-10-24(31)28(25(32)11-17)36-18-8-9-19(36)13-20(12-18)39-15-23-22(14-35-27(23)16-6-7-16)21-4-2-3-5-26(21)40-30(33)34/h2-5,10-11,14,16,18-20,30,35H,6-9,12-13,15H2,1H3. The first-order chi connectivity index (χ1) is 19.3. The normalized spacial score (nSPS) is 22.1. The van der Waals surface area contributed by atoms with Gasteiger partial charge in [0.1, 0.15) is 23.1 Å². The zero-order valence-corrected chi connectivity index (χ0v) is 22.0. The van der Waals surface area contributed by atoms with E-state index in [1.54, 1.807) is 23.1 Å². The van der Waals surface area contributed by atoms with Gasteiger partial charge in [-0.05, 0) is 62.6 Å². The fourth-order valence-electron chi connectivity index (χ4n) is 6.37. The third-order valence-electron chi connectivity index (χ3n) is 8.25. The molecule has 2 saturated heterocycles. The van der Waals surface area contributed by atoms with Crippen molar-refractivity contribution in [2.24, 2.45) is 0 Å². The van der Waals surface area contributed by atoms with Crippen LogP contribution in [0.1, 0.15) is 66.1 Å². The number of hydrogen-bond acceptors (Lipinski definition) is 5. The van der Waals surface area contributed by atoms with E-state index < -0.39 is 24.2 Å². The Morgan fingerprint density at radius 3 is 2.33 bits per heavy atom. The minimum atomic E-state index is -2.94. The number of carbonyl (C=O) groups excluding carboxylic acids is 1. The molecule has 3 aromatic rings. The Morgan fingerprint density at radius 2 is 1.70 bits per heavy atom. The number of ether oxygens (including phenoxy) is 3. The molecular formula is C30H30F4N2O4. The monoisotopic (exact) mass is 558 g/mol. The smallest absolute Gasteiger partial charge is 0.387 e. The van der Waals surface area contributed by atoms with Crippen LogP contribution in [0.3, 0.4) is 0 Å². The van der Waals surface area contributed by atoms with Gasteiger partial charge in [0.25, 0.3) is 0 Å². The van der Waals surface area contributed by atoms with Crippen LogP contribution < -0.4 is 9.64 Å². The molecule has 3 aliphatic rings. The maximum atomic E-state index is 15.1. The van der Waals surface area contributed by atoms with Crippen molar-refractivity contribution < 1.29 is 36.6 Å². The predicted octanol–water partition coefficient (Wildman–Crippen LogP) is 6.94. The maximum absolute atomic E-state index is 15.1. The topological polar surface area (TPSA) is 63.8 Å². The molecule has 0 radical (unpaired) electrons. The Hall–Kier alpha value is -3.53. The van der Waals surface area contributed by atoms with Gasteiger partial charge < -0.3 is 24.1 Å². The highest BCUT2D eigenvalue weighted by Gasteiger charge is 2.43. The van der Waals surface area contributed by atoms with E-state index >= 15 is 8.78 Å². The second kappa shape index (κ2) is 10.8. The molecule has 0 spiro atoms. The van der Waals surface area contributed by atoms with Crippen molar-refractivity contribution >= 4 is 11.7 Å². The number of para-hydroxylation sites is 1. The molecule has 6 nitrogen and oxygen atoms in total. The van der Waals surface area contributed by atoms with E-state index in [0.717, 1.165) is 61.7 Å². The number of aromatic amines is 1. The molecule has 3 fully saturated rings. The highest BCUT2D eigenvalue weighted by Crippen LogP contribution is 2.46. The number of nitrogens with zero attached hydrogens (tertiary/aromatic N) is 1. The molecule has 2 bridgehead atoms. The summed E-state index contributed by atoms with van der Waals surface area (Å²) in [4.78, 5) is 16.9. The van der Waals surface area contributed by atoms with Crippen molar-refractivity contribution in [1.82, 2.24) is 4.98 Å². The molecular weight excluding hydrogens is 528 g/mol. The number of anilines is 1. The highest BCUT2D eigenvalue weighted by atomic mass is 19.3. The summed E-state index contributed by atoms with van der Waals surface area (Å²) in [7, 11) is 1.16. The third-order valence-corrected chi connectivity index (χ3v) is 8.25. The van der Waals surface area contributed by atoms with Crippen LogP contribution in [0.15, 0.2) is 42.6 Å². The lowest BCUT2D eigenvalue weighted by Crippen LogP contribution is -2.46. The minimum Gasteiger partial charge on any atom is -0.465 e. The molecule has 1 aliphatic carbocycles. The average molecular weight is 559 g/mol. The lowest BCUT2D eigenvalue weighted by Gasteiger charge is -2.40. The number of piperidine rings is 1. The Morgan fingerprint density at radius 1 is 1.02 bits per heavy atom. The van der Waals surface area contributed by atoms with Gasteiger partial charge in [0.2, 0.25) is 0 Å². The first kappa shape index (κ1) is 26.7. The van der Waals surface area contributed by atoms with Crippen LogP contribution in [0.5, 0.6) is 5.75 Å². The number of fused-ring (bicyclic) bond motifs is 2. The molecule has 1 aromatic heterocycles. The first-order valence-corrected chi connectivity index (χ1v) is 13.6. The zero-order valence-electron chi connectivity index (χ0n) is 22.0. The fourth-order valence-corrected chi connectivity index (χ4v) is 6.37. The zero-order chi connectivity index (χ0) is 28.0. The van der Waals surface area contributed by atoms with Gasteiger partial charge >= 0.3 is 12.6 Å². The highest BCUT2D eigenvalue weighted by molar-refractivity contribution is 5.90. The quantitative estimate of drug-likeness (QED) is 0.228. The number of rotatable bonds is 9. The van der Waals surface area contributed by atoms with E-state index in [2.05, 4.69) is 9.72 Å². The Labute approximate surface area is 229 Å². The first-order valence-electron chi connectivity index (χ1n) is 13.6. The van der Waals surface area contributed by atoms with Crippen molar-refractivity contribution in [1.29, 1.82) is 0 Å². The van der Waals surface area contributed by atoms with Gasteiger partial charge in [-0.15, -0.1) is 0 Å². The van der Waals surface area contributed by atoms with Gasteiger partial charge in [-0.2, -0.15) is 8.78 Å². The van der Waals surface area contributed by atoms with Crippen LogP contribution in [-0.2, 0) is 16.1 Å². The van der Waals surface area contributed by atoms with Crippen LogP contribution in [-0.4, -0.2) is 42.9 Å². The molecule has 2 unspecified atom stereocenters. The van der Waals surface area contributed by atoms with E-state index in [9.17, 15) is 13.6 Å². The van der Waals surface area contributed by atoms with Gasteiger partial charge in [-0.3, -0.25) is 0 Å². The minimum absolute atomic E-state index is 0.105. The third kappa shape index (κ3) is 5.05. The molecule has 6 rings (SSSR count). The van der Waals surface area contributed by atoms with E-state index in [0.29, 0.717) is 24.3 Å². The number of carbonyl (C=O) groups is 1. The summed E-state index contributed by atoms with van der Waals surface area (Å²) in [6.45, 7) is -2.65. The van der Waals surface area contributed by atoms with E-state index in [1.807, 2.05) is 6.20 Å². The van der Waals surface area contributed by atoms with Crippen LogP contribution >= 0.6 is 0 Å².